The number of hydrogen-bond donors (Lipinski definition) is 1. The number of ether oxygens (including phenoxy) is 1. The summed E-state index contributed by atoms with van der Waals surface area (Å²) in [6.07, 6.45) is 3.79. The maximum absolute atomic E-state index is 5.44. The van der Waals surface area contributed by atoms with Crippen molar-refractivity contribution in [1.82, 2.24) is 10.3 Å². The van der Waals surface area contributed by atoms with Crippen LogP contribution >= 0.6 is 11.3 Å². The van der Waals surface area contributed by atoms with Gasteiger partial charge in [-0.15, -0.1) is 11.3 Å². The van der Waals surface area contributed by atoms with E-state index >= 15 is 0 Å². The van der Waals surface area contributed by atoms with Gasteiger partial charge in [-0.3, -0.25) is 0 Å². The molecule has 2 rings (SSSR count). The quantitative estimate of drug-likeness (QED) is 0.876. The van der Waals surface area contributed by atoms with Crippen LogP contribution in [-0.4, -0.2) is 38.3 Å². The first kappa shape index (κ1) is 15.7. The Kier molecular flexibility index (Phi) is 5.81. The van der Waals surface area contributed by atoms with E-state index in [1.54, 1.807) is 0 Å². The zero-order valence-electron chi connectivity index (χ0n) is 13.1. The van der Waals surface area contributed by atoms with Crippen LogP contribution in [0.15, 0.2) is 0 Å². The van der Waals surface area contributed by atoms with E-state index in [1.807, 2.05) is 25.5 Å². The molecular weight excluding hydrogens is 270 g/mol. The molecule has 2 heterocycles. The predicted octanol–water partition coefficient (Wildman–Crippen LogP) is 2.99. The normalized spacial score (nSPS) is 18.5. The summed E-state index contributed by atoms with van der Waals surface area (Å²) < 4.78 is 5.44. The number of hydrogen-bond acceptors (Lipinski definition) is 5. The van der Waals surface area contributed by atoms with E-state index in [0.29, 0.717) is 12.0 Å². The van der Waals surface area contributed by atoms with Crippen molar-refractivity contribution in [2.75, 3.05) is 32.1 Å². The number of anilines is 1. The van der Waals surface area contributed by atoms with E-state index in [9.17, 15) is 0 Å². The van der Waals surface area contributed by atoms with Crippen molar-refractivity contribution in [3.05, 3.63) is 10.6 Å². The first-order chi connectivity index (χ1) is 9.69. The summed E-state index contributed by atoms with van der Waals surface area (Å²) in [5.74, 6) is 0.542. The van der Waals surface area contributed by atoms with Gasteiger partial charge in [0.2, 0.25) is 0 Å². The molecule has 0 radical (unpaired) electrons. The summed E-state index contributed by atoms with van der Waals surface area (Å²) in [5.41, 5.74) is 1.29. The first-order valence-corrected chi connectivity index (χ1v) is 8.43. The maximum Gasteiger partial charge on any atom is 0.185 e. The van der Waals surface area contributed by atoms with Crippen LogP contribution < -0.4 is 10.2 Å². The van der Waals surface area contributed by atoms with Gasteiger partial charge in [-0.2, -0.15) is 0 Å². The van der Waals surface area contributed by atoms with Crippen LogP contribution in [0, 0.1) is 0 Å². The SMILES string of the molecule is CCC(C)c1nc(N2CCC(OC)CC2)sc1CNC. The fourth-order valence-corrected chi connectivity index (χ4v) is 3.88. The van der Waals surface area contributed by atoms with Gasteiger partial charge in [0.25, 0.3) is 0 Å². The average Bonchev–Trinajstić information content (AvgIpc) is 2.91. The Hall–Kier alpha value is -0.650. The molecule has 0 amide bonds. The lowest BCUT2D eigenvalue weighted by molar-refractivity contribution is 0.0819. The second-order valence-electron chi connectivity index (χ2n) is 5.57. The lowest BCUT2D eigenvalue weighted by Crippen LogP contribution is -2.36. The highest BCUT2D eigenvalue weighted by atomic mass is 32.1. The maximum atomic E-state index is 5.44. The fourth-order valence-electron chi connectivity index (χ4n) is 2.63. The largest absolute Gasteiger partial charge is 0.381 e. The summed E-state index contributed by atoms with van der Waals surface area (Å²) >= 11 is 1.85. The minimum absolute atomic E-state index is 0.428. The van der Waals surface area contributed by atoms with Gasteiger partial charge in [0.1, 0.15) is 0 Å². The third kappa shape index (κ3) is 3.51. The second-order valence-corrected chi connectivity index (χ2v) is 6.63. The van der Waals surface area contributed by atoms with Crippen molar-refractivity contribution >= 4 is 16.5 Å². The first-order valence-electron chi connectivity index (χ1n) is 7.61. The zero-order valence-corrected chi connectivity index (χ0v) is 13.9. The monoisotopic (exact) mass is 297 g/mol. The highest BCUT2D eigenvalue weighted by Gasteiger charge is 2.23. The van der Waals surface area contributed by atoms with E-state index in [1.165, 1.54) is 15.7 Å². The van der Waals surface area contributed by atoms with Crippen molar-refractivity contribution in [3.63, 3.8) is 0 Å². The van der Waals surface area contributed by atoms with E-state index in [2.05, 4.69) is 24.1 Å². The van der Waals surface area contributed by atoms with Gasteiger partial charge in [-0.1, -0.05) is 13.8 Å². The molecule has 0 aromatic carbocycles. The third-order valence-corrected chi connectivity index (χ3v) is 5.31. The van der Waals surface area contributed by atoms with Gasteiger partial charge in [0, 0.05) is 31.6 Å². The van der Waals surface area contributed by atoms with Crippen molar-refractivity contribution in [2.24, 2.45) is 0 Å². The third-order valence-electron chi connectivity index (χ3n) is 4.18. The topological polar surface area (TPSA) is 37.4 Å². The number of piperidine rings is 1. The van der Waals surface area contributed by atoms with Gasteiger partial charge >= 0.3 is 0 Å². The van der Waals surface area contributed by atoms with Gasteiger partial charge in [0.15, 0.2) is 5.13 Å². The molecule has 1 aliphatic rings. The van der Waals surface area contributed by atoms with Crippen LogP contribution in [0.2, 0.25) is 0 Å². The number of aromatic nitrogens is 1. The zero-order chi connectivity index (χ0) is 14.5. The molecule has 0 saturated carbocycles. The Morgan fingerprint density at radius 3 is 2.70 bits per heavy atom. The molecule has 0 bridgehead atoms. The van der Waals surface area contributed by atoms with Crippen LogP contribution in [-0.2, 0) is 11.3 Å². The van der Waals surface area contributed by atoms with Gasteiger partial charge in [-0.05, 0) is 32.2 Å². The van der Waals surface area contributed by atoms with Gasteiger partial charge < -0.3 is 15.0 Å². The van der Waals surface area contributed by atoms with Gasteiger partial charge in [0.05, 0.1) is 11.8 Å². The molecule has 1 atom stereocenters. The molecule has 0 spiro atoms. The Morgan fingerprint density at radius 1 is 1.45 bits per heavy atom. The van der Waals surface area contributed by atoms with E-state index in [4.69, 9.17) is 9.72 Å². The van der Waals surface area contributed by atoms with Crippen molar-refractivity contribution in [2.45, 2.75) is 51.7 Å². The Bertz CT molecular complexity index is 413. The standard InChI is InChI=1S/C15H27N3OS/c1-5-11(2)14-13(10-16-3)20-15(17-14)18-8-6-12(19-4)7-9-18/h11-12,16H,5-10H2,1-4H3. The molecule has 5 heteroatoms. The molecule has 20 heavy (non-hydrogen) atoms. The van der Waals surface area contributed by atoms with E-state index < -0.39 is 0 Å². The number of thiazole rings is 1. The molecule has 1 unspecified atom stereocenters. The average molecular weight is 297 g/mol. The molecule has 4 nitrogen and oxygen atoms in total. The van der Waals surface area contributed by atoms with Crippen molar-refractivity contribution in [3.8, 4) is 0 Å². The fraction of sp³-hybridized carbons (Fsp3) is 0.800. The summed E-state index contributed by atoms with van der Waals surface area (Å²) in [4.78, 5) is 8.75. The van der Waals surface area contributed by atoms with Crippen LogP contribution in [0.25, 0.3) is 0 Å². The lowest BCUT2D eigenvalue weighted by Gasteiger charge is -2.30. The number of rotatable bonds is 6. The number of nitrogens with one attached hydrogen (secondary N) is 1. The van der Waals surface area contributed by atoms with Crippen molar-refractivity contribution < 1.29 is 4.74 Å². The minimum atomic E-state index is 0.428. The highest BCUT2D eigenvalue weighted by molar-refractivity contribution is 7.15. The summed E-state index contributed by atoms with van der Waals surface area (Å²) in [6.45, 7) is 7.55. The van der Waals surface area contributed by atoms with Crippen LogP contribution in [0.3, 0.4) is 0 Å². The van der Waals surface area contributed by atoms with Crippen LogP contribution in [0.4, 0.5) is 5.13 Å². The van der Waals surface area contributed by atoms with Crippen molar-refractivity contribution in [1.29, 1.82) is 0 Å². The molecule has 1 saturated heterocycles. The minimum Gasteiger partial charge on any atom is -0.381 e. The molecule has 1 aliphatic heterocycles. The molecular formula is C15H27N3OS. The molecule has 1 N–H and O–H groups in total. The molecule has 1 aromatic rings. The second kappa shape index (κ2) is 7.38. The van der Waals surface area contributed by atoms with Crippen LogP contribution in [0.5, 0.6) is 0 Å². The number of nitrogens with zero attached hydrogens (tertiary/aromatic N) is 2. The highest BCUT2D eigenvalue weighted by Crippen LogP contribution is 2.33. The summed E-state index contributed by atoms with van der Waals surface area (Å²) in [6, 6.07) is 0. The molecule has 0 aliphatic carbocycles. The molecule has 114 valence electrons. The van der Waals surface area contributed by atoms with Gasteiger partial charge in [-0.25, -0.2) is 4.98 Å². The van der Waals surface area contributed by atoms with E-state index in [-0.39, 0.29) is 0 Å². The van der Waals surface area contributed by atoms with Crippen LogP contribution in [0.1, 0.15) is 49.6 Å². The smallest absolute Gasteiger partial charge is 0.185 e. The van der Waals surface area contributed by atoms with E-state index in [0.717, 1.165) is 38.9 Å². The molecule has 1 aromatic heterocycles. The Morgan fingerprint density at radius 2 is 2.15 bits per heavy atom. The molecule has 1 fully saturated rings. The Balaban J connectivity index is 2.12. The number of methoxy groups -OCH3 is 1. The summed E-state index contributed by atoms with van der Waals surface area (Å²) in [5, 5.41) is 4.46. The lowest BCUT2D eigenvalue weighted by atomic mass is 10.0. The predicted molar refractivity (Wildman–Crippen MR) is 85.8 cm³/mol. The Labute approximate surface area is 126 Å². The summed E-state index contributed by atoms with van der Waals surface area (Å²) in [7, 11) is 3.82.